The van der Waals surface area contributed by atoms with Gasteiger partial charge >= 0.3 is 5.97 Å². The van der Waals surface area contributed by atoms with Crippen LogP contribution < -0.4 is 5.73 Å². The third kappa shape index (κ3) is 5.55. The Kier molecular flexibility index (Phi) is 6.37. The Balaban J connectivity index is 2.83. The molecule has 0 bridgehead atoms. The topological polar surface area (TPSA) is 89.7 Å². The smallest absolute Gasteiger partial charge is 0.322 e. The summed E-state index contributed by atoms with van der Waals surface area (Å²) >= 11 is 0. The van der Waals surface area contributed by atoms with E-state index in [1.54, 1.807) is 18.2 Å². The SMILES string of the molecule is COC(=O)CS(=O)(=O)N(C)Cc1cccc(C#CCN)c1. The lowest BCUT2D eigenvalue weighted by atomic mass is 10.1. The highest BCUT2D eigenvalue weighted by Crippen LogP contribution is 2.10. The van der Waals surface area contributed by atoms with Gasteiger partial charge in [0.1, 0.15) is 0 Å². The molecule has 0 spiro atoms. The summed E-state index contributed by atoms with van der Waals surface area (Å²) in [7, 11) is -1.13. The van der Waals surface area contributed by atoms with Gasteiger partial charge in [0.2, 0.25) is 10.0 Å². The minimum atomic E-state index is -3.70. The standard InChI is InChI=1S/C14H18N2O4S/c1-16(21(18,19)11-14(17)20-2)10-13-6-3-5-12(9-13)7-4-8-15/h3,5-6,9H,8,10-11,15H2,1-2H3. The van der Waals surface area contributed by atoms with Crippen molar-refractivity contribution in [2.45, 2.75) is 6.54 Å². The van der Waals surface area contributed by atoms with Crippen molar-refractivity contribution in [3.05, 3.63) is 35.4 Å². The van der Waals surface area contributed by atoms with Crippen molar-refractivity contribution in [2.24, 2.45) is 5.73 Å². The molecule has 114 valence electrons. The predicted octanol–water partition coefficient (Wildman–Crippen LogP) is -0.0686. The zero-order valence-corrected chi connectivity index (χ0v) is 12.8. The van der Waals surface area contributed by atoms with Crippen LogP contribution in [0, 0.1) is 11.8 Å². The molecule has 2 N–H and O–H groups in total. The average molecular weight is 310 g/mol. The third-order valence-corrected chi connectivity index (χ3v) is 4.35. The molecule has 0 aromatic heterocycles. The number of benzene rings is 1. The number of carbonyl (C=O) groups is 1. The molecule has 0 unspecified atom stereocenters. The highest BCUT2D eigenvalue weighted by molar-refractivity contribution is 7.89. The normalized spacial score (nSPS) is 10.9. The van der Waals surface area contributed by atoms with Crippen LogP contribution in [0.15, 0.2) is 24.3 Å². The van der Waals surface area contributed by atoms with Crippen LogP contribution >= 0.6 is 0 Å². The van der Waals surface area contributed by atoms with Gasteiger partial charge < -0.3 is 10.5 Å². The van der Waals surface area contributed by atoms with Crippen LogP contribution in [0.25, 0.3) is 0 Å². The van der Waals surface area contributed by atoms with Crippen molar-refractivity contribution >= 4 is 16.0 Å². The Hall–Kier alpha value is -1.88. The van der Waals surface area contributed by atoms with Crippen molar-refractivity contribution in [2.75, 3.05) is 26.5 Å². The van der Waals surface area contributed by atoms with Crippen LogP contribution in [0.5, 0.6) is 0 Å². The van der Waals surface area contributed by atoms with Gasteiger partial charge in [0.05, 0.1) is 13.7 Å². The molecule has 0 saturated carbocycles. The summed E-state index contributed by atoms with van der Waals surface area (Å²) in [6.07, 6.45) is 0. The maximum absolute atomic E-state index is 11.9. The van der Waals surface area contributed by atoms with Crippen LogP contribution in [0.3, 0.4) is 0 Å². The van der Waals surface area contributed by atoms with Gasteiger partial charge in [-0.2, -0.15) is 0 Å². The number of esters is 1. The summed E-state index contributed by atoms with van der Waals surface area (Å²) in [5.41, 5.74) is 6.84. The number of hydrogen-bond acceptors (Lipinski definition) is 5. The van der Waals surface area contributed by atoms with Gasteiger partial charge in [-0.25, -0.2) is 12.7 Å². The third-order valence-electron chi connectivity index (χ3n) is 2.67. The Morgan fingerprint density at radius 2 is 2.14 bits per heavy atom. The number of carbonyl (C=O) groups excluding carboxylic acids is 1. The van der Waals surface area contributed by atoms with Crippen molar-refractivity contribution in [1.82, 2.24) is 4.31 Å². The van der Waals surface area contributed by atoms with E-state index in [4.69, 9.17) is 5.73 Å². The number of ether oxygens (including phenoxy) is 1. The second-order valence-corrected chi connectivity index (χ2v) is 6.37. The first-order valence-corrected chi connectivity index (χ1v) is 7.78. The fourth-order valence-corrected chi connectivity index (χ4v) is 2.56. The lowest BCUT2D eigenvalue weighted by Gasteiger charge is -2.16. The van der Waals surface area contributed by atoms with E-state index in [1.807, 2.05) is 6.07 Å². The predicted molar refractivity (Wildman–Crippen MR) is 79.6 cm³/mol. The molecule has 0 amide bonds. The van der Waals surface area contributed by atoms with E-state index in [9.17, 15) is 13.2 Å². The molecule has 0 aliphatic carbocycles. The van der Waals surface area contributed by atoms with Crippen molar-refractivity contribution < 1.29 is 17.9 Å². The van der Waals surface area contributed by atoms with E-state index < -0.39 is 21.7 Å². The molecule has 0 saturated heterocycles. The highest BCUT2D eigenvalue weighted by atomic mass is 32.2. The maximum Gasteiger partial charge on any atom is 0.322 e. The average Bonchev–Trinajstić information content (AvgIpc) is 2.44. The number of hydrogen-bond donors (Lipinski definition) is 1. The Bertz CT molecular complexity index is 659. The summed E-state index contributed by atoms with van der Waals surface area (Å²) in [5.74, 6) is 4.15. The van der Waals surface area contributed by atoms with E-state index in [0.717, 1.165) is 22.5 Å². The quantitative estimate of drug-likeness (QED) is 0.607. The lowest BCUT2D eigenvalue weighted by molar-refractivity contribution is -0.137. The molecule has 0 atom stereocenters. The molecule has 6 nitrogen and oxygen atoms in total. The van der Waals surface area contributed by atoms with Crippen LogP contribution in [0.1, 0.15) is 11.1 Å². The van der Waals surface area contributed by atoms with E-state index in [-0.39, 0.29) is 13.1 Å². The number of nitrogens with two attached hydrogens (primary N) is 1. The monoisotopic (exact) mass is 310 g/mol. The zero-order valence-electron chi connectivity index (χ0n) is 12.0. The van der Waals surface area contributed by atoms with Crippen molar-refractivity contribution in [3.8, 4) is 11.8 Å². The fraction of sp³-hybridized carbons (Fsp3) is 0.357. The zero-order chi connectivity index (χ0) is 15.9. The fourth-order valence-electron chi connectivity index (χ4n) is 1.57. The van der Waals surface area contributed by atoms with E-state index >= 15 is 0 Å². The van der Waals surface area contributed by atoms with Crippen molar-refractivity contribution in [3.63, 3.8) is 0 Å². The van der Waals surface area contributed by atoms with E-state index in [2.05, 4.69) is 16.6 Å². The highest BCUT2D eigenvalue weighted by Gasteiger charge is 2.22. The first kappa shape index (κ1) is 17.2. The minimum Gasteiger partial charge on any atom is -0.468 e. The molecule has 21 heavy (non-hydrogen) atoms. The summed E-state index contributed by atoms with van der Waals surface area (Å²) in [6.45, 7) is 0.412. The van der Waals surface area contributed by atoms with Gasteiger partial charge in [-0.05, 0) is 17.7 Å². The molecule has 1 aromatic carbocycles. The van der Waals surface area contributed by atoms with Crippen molar-refractivity contribution in [1.29, 1.82) is 0 Å². The Morgan fingerprint density at radius 3 is 2.76 bits per heavy atom. The molecule has 1 rings (SSSR count). The van der Waals surface area contributed by atoms with Gasteiger partial charge in [-0.1, -0.05) is 24.0 Å². The molecule has 7 heteroatoms. The molecule has 0 heterocycles. The molecule has 0 aliphatic rings. The summed E-state index contributed by atoms with van der Waals surface area (Å²) in [5, 5.41) is 0. The second-order valence-electron chi connectivity index (χ2n) is 4.29. The van der Waals surface area contributed by atoms with Crippen LogP contribution in [-0.4, -0.2) is 45.1 Å². The van der Waals surface area contributed by atoms with Crippen LogP contribution in [0.4, 0.5) is 0 Å². The van der Waals surface area contributed by atoms with E-state index in [0.29, 0.717) is 0 Å². The molecular formula is C14H18N2O4S. The molecular weight excluding hydrogens is 292 g/mol. The van der Waals surface area contributed by atoms with Gasteiger partial charge in [0.15, 0.2) is 5.75 Å². The first-order valence-electron chi connectivity index (χ1n) is 6.17. The largest absolute Gasteiger partial charge is 0.468 e. The molecule has 0 radical (unpaired) electrons. The summed E-state index contributed by atoms with van der Waals surface area (Å²) in [6, 6.07) is 7.18. The maximum atomic E-state index is 11.9. The molecule has 0 aliphatic heterocycles. The molecule has 0 fully saturated rings. The van der Waals surface area contributed by atoms with Crippen LogP contribution in [0.2, 0.25) is 0 Å². The Labute approximate surface area is 124 Å². The number of sulfonamides is 1. The van der Waals surface area contributed by atoms with Gasteiger partial charge in [-0.15, -0.1) is 0 Å². The number of rotatable bonds is 5. The van der Waals surface area contributed by atoms with Crippen LogP contribution in [-0.2, 0) is 26.1 Å². The summed E-state index contributed by atoms with van der Waals surface area (Å²) in [4.78, 5) is 11.1. The van der Waals surface area contributed by atoms with Gasteiger partial charge in [-0.3, -0.25) is 4.79 Å². The second kappa shape index (κ2) is 7.78. The lowest BCUT2D eigenvalue weighted by Crippen LogP contribution is -2.32. The van der Waals surface area contributed by atoms with E-state index in [1.165, 1.54) is 7.05 Å². The van der Waals surface area contributed by atoms with Gasteiger partial charge in [0, 0.05) is 19.2 Å². The minimum absolute atomic E-state index is 0.150. The summed E-state index contributed by atoms with van der Waals surface area (Å²) < 4.78 is 29.4. The number of nitrogens with zero attached hydrogens (tertiary/aromatic N) is 1. The molecule has 1 aromatic rings. The first-order chi connectivity index (χ1) is 9.89. The Morgan fingerprint density at radius 1 is 1.43 bits per heavy atom. The van der Waals surface area contributed by atoms with Gasteiger partial charge in [0.25, 0.3) is 0 Å². The number of methoxy groups -OCH3 is 1.